The van der Waals surface area contributed by atoms with E-state index in [2.05, 4.69) is 15.4 Å². The molecule has 0 aliphatic rings. The van der Waals surface area contributed by atoms with Crippen molar-refractivity contribution in [3.05, 3.63) is 65.6 Å². The first-order chi connectivity index (χ1) is 15.0. The Morgan fingerprint density at radius 1 is 1.13 bits per heavy atom. The summed E-state index contributed by atoms with van der Waals surface area (Å²) in [7, 11) is 1.58. The summed E-state index contributed by atoms with van der Waals surface area (Å²) in [6.07, 6.45) is 3.06. The number of anilines is 1. The second kappa shape index (κ2) is 10.4. The van der Waals surface area contributed by atoms with E-state index < -0.39 is 5.97 Å². The van der Waals surface area contributed by atoms with Gasteiger partial charge in [-0.3, -0.25) is 4.79 Å². The fourth-order valence-corrected chi connectivity index (χ4v) is 2.85. The standard InChI is InChI=1S/C22H24N4O5/c1-4-30-22(28)18-14-24-26(15(18)2)17-9-7-16(8-10-17)20(27)25-19-6-5-11-23-21(19)31-13-12-29-3/h5-11,14H,4,12-13H2,1-3H3,(H,25,27). The van der Waals surface area contributed by atoms with E-state index in [1.807, 2.05) is 0 Å². The van der Waals surface area contributed by atoms with Crippen LogP contribution in [-0.4, -0.2) is 53.6 Å². The molecule has 0 radical (unpaired) electrons. The van der Waals surface area contributed by atoms with Crippen LogP contribution in [0.4, 0.5) is 5.69 Å². The Morgan fingerprint density at radius 3 is 2.61 bits per heavy atom. The molecule has 0 saturated heterocycles. The number of hydrogen-bond donors (Lipinski definition) is 1. The van der Waals surface area contributed by atoms with Gasteiger partial charge in [-0.1, -0.05) is 0 Å². The van der Waals surface area contributed by atoms with E-state index in [1.54, 1.807) is 68.2 Å². The van der Waals surface area contributed by atoms with Crippen LogP contribution in [0.2, 0.25) is 0 Å². The highest BCUT2D eigenvalue weighted by atomic mass is 16.5. The Labute approximate surface area is 180 Å². The molecule has 3 rings (SSSR count). The topological polar surface area (TPSA) is 105 Å². The molecule has 2 heterocycles. The lowest BCUT2D eigenvalue weighted by atomic mass is 10.2. The van der Waals surface area contributed by atoms with Gasteiger partial charge in [0.15, 0.2) is 0 Å². The minimum Gasteiger partial charge on any atom is -0.474 e. The molecule has 0 atom stereocenters. The van der Waals surface area contributed by atoms with Crippen molar-refractivity contribution in [3.8, 4) is 11.6 Å². The van der Waals surface area contributed by atoms with Crippen molar-refractivity contribution in [1.29, 1.82) is 0 Å². The quantitative estimate of drug-likeness (QED) is 0.416. The van der Waals surface area contributed by atoms with Gasteiger partial charge in [0.05, 0.1) is 30.8 Å². The van der Waals surface area contributed by atoms with Crippen molar-refractivity contribution < 1.29 is 23.8 Å². The fraction of sp³-hybridized carbons (Fsp3) is 0.273. The third kappa shape index (κ3) is 5.26. The molecular weight excluding hydrogens is 400 g/mol. The number of carbonyl (C=O) groups is 2. The van der Waals surface area contributed by atoms with Crippen LogP contribution in [0.15, 0.2) is 48.8 Å². The van der Waals surface area contributed by atoms with Gasteiger partial charge in [0.2, 0.25) is 5.88 Å². The van der Waals surface area contributed by atoms with Crippen molar-refractivity contribution in [2.24, 2.45) is 0 Å². The Balaban J connectivity index is 1.73. The van der Waals surface area contributed by atoms with Crippen LogP contribution in [0.25, 0.3) is 5.69 Å². The molecule has 0 saturated carbocycles. The number of rotatable bonds is 9. The fourth-order valence-electron chi connectivity index (χ4n) is 2.85. The van der Waals surface area contributed by atoms with E-state index in [0.717, 1.165) is 5.69 Å². The molecule has 0 bridgehead atoms. The molecule has 1 aromatic carbocycles. The largest absolute Gasteiger partial charge is 0.474 e. The average Bonchev–Trinajstić information content (AvgIpc) is 3.16. The SMILES string of the molecule is CCOC(=O)c1cnn(-c2ccc(C(=O)Nc3cccnc3OCCOC)cc2)c1C. The first-order valence-electron chi connectivity index (χ1n) is 9.75. The molecule has 31 heavy (non-hydrogen) atoms. The molecule has 3 aromatic rings. The predicted octanol–water partition coefficient (Wildman–Crippen LogP) is 3.03. The number of nitrogens with one attached hydrogen (secondary N) is 1. The second-order valence-corrected chi connectivity index (χ2v) is 6.47. The van der Waals surface area contributed by atoms with Crippen molar-refractivity contribution in [1.82, 2.24) is 14.8 Å². The van der Waals surface area contributed by atoms with Crippen molar-refractivity contribution in [3.63, 3.8) is 0 Å². The Kier molecular flexibility index (Phi) is 7.34. The third-order valence-corrected chi connectivity index (χ3v) is 4.42. The van der Waals surface area contributed by atoms with E-state index in [1.165, 1.54) is 6.20 Å². The van der Waals surface area contributed by atoms with Gasteiger partial charge in [0.1, 0.15) is 17.9 Å². The number of benzene rings is 1. The van der Waals surface area contributed by atoms with Gasteiger partial charge in [-0.05, 0) is 50.2 Å². The zero-order chi connectivity index (χ0) is 22.2. The van der Waals surface area contributed by atoms with Gasteiger partial charge in [-0.25, -0.2) is 14.5 Å². The number of methoxy groups -OCH3 is 1. The summed E-state index contributed by atoms with van der Waals surface area (Å²) in [5.41, 5.74) is 2.69. The van der Waals surface area contributed by atoms with Gasteiger partial charge in [-0.15, -0.1) is 0 Å². The highest BCUT2D eigenvalue weighted by molar-refractivity contribution is 6.05. The van der Waals surface area contributed by atoms with Crippen LogP contribution in [0.1, 0.15) is 33.3 Å². The molecule has 9 nitrogen and oxygen atoms in total. The highest BCUT2D eigenvalue weighted by Gasteiger charge is 2.17. The highest BCUT2D eigenvalue weighted by Crippen LogP contribution is 2.22. The lowest BCUT2D eigenvalue weighted by Crippen LogP contribution is -2.14. The number of aromatic nitrogens is 3. The van der Waals surface area contributed by atoms with Gasteiger partial charge in [-0.2, -0.15) is 5.10 Å². The normalized spacial score (nSPS) is 10.5. The van der Waals surface area contributed by atoms with E-state index in [0.29, 0.717) is 48.2 Å². The maximum Gasteiger partial charge on any atom is 0.341 e. The number of amides is 1. The molecule has 1 amide bonds. The molecule has 9 heteroatoms. The van der Waals surface area contributed by atoms with Crippen LogP contribution < -0.4 is 10.1 Å². The molecule has 0 unspecified atom stereocenters. The second-order valence-electron chi connectivity index (χ2n) is 6.47. The maximum atomic E-state index is 12.7. The minimum absolute atomic E-state index is 0.295. The van der Waals surface area contributed by atoms with Crippen LogP contribution in [0.5, 0.6) is 5.88 Å². The lowest BCUT2D eigenvalue weighted by Gasteiger charge is -2.11. The molecule has 0 aliphatic heterocycles. The van der Waals surface area contributed by atoms with Crippen LogP contribution in [0.3, 0.4) is 0 Å². The van der Waals surface area contributed by atoms with E-state index >= 15 is 0 Å². The molecular formula is C22H24N4O5. The summed E-state index contributed by atoms with van der Waals surface area (Å²) in [6.45, 7) is 4.57. The Hall–Kier alpha value is -3.72. The number of pyridine rings is 1. The first-order valence-corrected chi connectivity index (χ1v) is 9.75. The number of hydrogen-bond acceptors (Lipinski definition) is 7. The van der Waals surface area contributed by atoms with Crippen LogP contribution in [-0.2, 0) is 9.47 Å². The zero-order valence-corrected chi connectivity index (χ0v) is 17.6. The monoisotopic (exact) mass is 424 g/mol. The molecule has 1 N–H and O–H groups in total. The van der Waals surface area contributed by atoms with Gasteiger partial charge in [0.25, 0.3) is 5.91 Å². The molecule has 2 aromatic heterocycles. The molecule has 0 spiro atoms. The summed E-state index contributed by atoms with van der Waals surface area (Å²) < 4.78 is 17.2. The molecule has 162 valence electrons. The maximum absolute atomic E-state index is 12.7. The van der Waals surface area contributed by atoms with E-state index in [-0.39, 0.29) is 5.91 Å². The lowest BCUT2D eigenvalue weighted by molar-refractivity contribution is 0.0525. The van der Waals surface area contributed by atoms with Gasteiger partial charge >= 0.3 is 5.97 Å². The van der Waals surface area contributed by atoms with Crippen LogP contribution >= 0.6 is 0 Å². The molecule has 0 aliphatic carbocycles. The van der Waals surface area contributed by atoms with Gasteiger partial charge in [0, 0.05) is 18.9 Å². The van der Waals surface area contributed by atoms with Crippen LogP contribution in [0, 0.1) is 6.92 Å². The number of ether oxygens (including phenoxy) is 3. The van der Waals surface area contributed by atoms with Crippen molar-refractivity contribution in [2.75, 3.05) is 32.2 Å². The third-order valence-electron chi connectivity index (χ3n) is 4.42. The van der Waals surface area contributed by atoms with Crippen molar-refractivity contribution >= 4 is 17.6 Å². The summed E-state index contributed by atoms with van der Waals surface area (Å²) in [6, 6.07) is 10.3. The zero-order valence-electron chi connectivity index (χ0n) is 17.6. The summed E-state index contributed by atoms with van der Waals surface area (Å²) in [5, 5.41) is 7.07. The first kappa shape index (κ1) is 22.0. The average molecular weight is 424 g/mol. The minimum atomic E-state index is -0.415. The van der Waals surface area contributed by atoms with Crippen molar-refractivity contribution in [2.45, 2.75) is 13.8 Å². The smallest absolute Gasteiger partial charge is 0.341 e. The Bertz CT molecular complexity index is 1050. The number of esters is 1. The van der Waals surface area contributed by atoms with E-state index in [9.17, 15) is 9.59 Å². The number of carbonyl (C=O) groups excluding carboxylic acids is 2. The predicted molar refractivity (Wildman–Crippen MR) is 114 cm³/mol. The Morgan fingerprint density at radius 2 is 1.90 bits per heavy atom. The van der Waals surface area contributed by atoms with E-state index in [4.69, 9.17) is 14.2 Å². The summed E-state index contributed by atoms with van der Waals surface area (Å²) in [4.78, 5) is 28.8. The summed E-state index contributed by atoms with van der Waals surface area (Å²) in [5.74, 6) is -0.397. The summed E-state index contributed by atoms with van der Waals surface area (Å²) >= 11 is 0. The van der Waals surface area contributed by atoms with Gasteiger partial charge < -0.3 is 19.5 Å². The molecule has 0 fully saturated rings. The number of nitrogens with zero attached hydrogens (tertiary/aromatic N) is 3.